The summed E-state index contributed by atoms with van der Waals surface area (Å²) in [5, 5.41) is 0.784. The van der Waals surface area contributed by atoms with Gasteiger partial charge in [-0.1, -0.05) is 49.7 Å². The van der Waals surface area contributed by atoms with Crippen LogP contribution in [0.2, 0.25) is 5.15 Å². The predicted molar refractivity (Wildman–Crippen MR) is 121 cm³/mol. The lowest BCUT2D eigenvalue weighted by Crippen LogP contribution is -2.38. The summed E-state index contributed by atoms with van der Waals surface area (Å²) in [6.45, 7) is 6.32. The van der Waals surface area contributed by atoms with Gasteiger partial charge < -0.3 is 4.57 Å². The molecule has 1 atom stereocenters. The molecule has 1 aliphatic heterocycles. The maximum Gasteiger partial charge on any atom is 0.331 e. The third-order valence-electron chi connectivity index (χ3n) is 6.11. The number of aromatic nitrogens is 3. The first-order valence-corrected chi connectivity index (χ1v) is 10.9. The van der Waals surface area contributed by atoms with E-state index in [1.165, 1.54) is 25.5 Å². The van der Waals surface area contributed by atoms with Gasteiger partial charge in [0.25, 0.3) is 5.56 Å². The third-order valence-corrected chi connectivity index (χ3v) is 6.51. The van der Waals surface area contributed by atoms with E-state index in [4.69, 9.17) is 11.6 Å². The fraction of sp³-hybridized carbons (Fsp3) is 0.478. The molecule has 0 spiro atoms. The molecule has 0 saturated carbocycles. The second-order valence-corrected chi connectivity index (χ2v) is 9.20. The molecule has 160 valence electrons. The molecule has 0 radical (unpaired) electrons. The van der Waals surface area contributed by atoms with Crippen molar-refractivity contribution in [1.29, 1.82) is 0 Å². The van der Waals surface area contributed by atoms with Crippen LogP contribution in [0.3, 0.4) is 0 Å². The van der Waals surface area contributed by atoms with Crippen LogP contribution in [-0.4, -0.2) is 32.2 Å². The molecule has 1 saturated heterocycles. The lowest BCUT2D eigenvalue weighted by atomic mass is 10.0. The van der Waals surface area contributed by atoms with Crippen molar-refractivity contribution in [3.05, 3.63) is 67.6 Å². The van der Waals surface area contributed by atoms with Gasteiger partial charge >= 0.3 is 5.69 Å². The van der Waals surface area contributed by atoms with E-state index < -0.39 is 0 Å². The molecule has 0 bridgehead atoms. The van der Waals surface area contributed by atoms with Gasteiger partial charge in [-0.15, -0.1) is 0 Å². The summed E-state index contributed by atoms with van der Waals surface area (Å²) < 4.78 is 4.66. The summed E-state index contributed by atoms with van der Waals surface area (Å²) in [5.74, 6) is 0.270. The van der Waals surface area contributed by atoms with Gasteiger partial charge in [-0.2, -0.15) is 0 Å². The first-order chi connectivity index (χ1) is 14.3. The molecule has 30 heavy (non-hydrogen) atoms. The molecule has 3 aromatic rings. The molecule has 2 aromatic heterocycles. The van der Waals surface area contributed by atoms with E-state index >= 15 is 0 Å². The number of hydrogen-bond donors (Lipinski definition) is 0. The Morgan fingerprint density at radius 2 is 1.83 bits per heavy atom. The lowest BCUT2D eigenvalue weighted by molar-refractivity contribution is 0.317. The average Bonchev–Trinajstić information content (AvgIpc) is 3.28. The highest BCUT2D eigenvalue weighted by atomic mass is 35.5. The van der Waals surface area contributed by atoms with Crippen LogP contribution < -0.4 is 11.2 Å². The largest absolute Gasteiger partial charge is 0.332 e. The molecule has 6 nitrogen and oxygen atoms in total. The molecule has 1 unspecified atom stereocenters. The fourth-order valence-corrected chi connectivity index (χ4v) is 4.78. The molecular weight excluding hydrogens is 400 g/mol. The SMILES string of the molecule is CC(C)Cn1c(=O)n(C)c(=O)c2c(Cl)n(Cc3ccc(C4CCCN4C)cc3)cc21. The van der Waals surface area contributed by atoms with E-state index in [1.807, 2.05) is 24.6 Å². The molecular formula is C23H29ClN4O2. The second-order valence-electron chi connectivity index (χ2n) is 8.84. The molecule has 0 N–H and O–H groups in total. The maximum absolute atomic E-state index is 12.7. The number of likely N-dealkylation sites (tertiary alicyclic amines) is 1. The van der Waals surface area contributed by atoms with Crippen molar-refractivity contribution in [2.24, 2.45) is 13.0 Å². The van der Waals surface area contributed by atoms with Crippen LogP contribution in [0, 0.1) is 5.92 Å². The van der Waals surface area contributed by atoms with Gasteiger partial charge in [0.15, 0.2) is 0 Å². The Balaban J connectivity index is 1.71. The minimum atomic E-state index is -0.349. The van der Waals surface area contributed by atoms with Crippen molar-refractivity contribution in [3.8, 4) is 0 Å². The van der Waals surface area contributed by atoms with Crippen LogP contribution in [0.1, 0.15) is 43.9 Å². The number of hydrogen-bond acceptors (Lipinski definition) is 3. The van der Waals surface area contributed by atoms with E-state index in [1.54, 1.807) is 4.57 Å². The highest BCUT2D eigenvalue weighted by Crippen LogP contribution is 2.30. The predicted octanol–water partition coefficient (Wildman–Crippen LogP) is 3.63. The molecule has 0 aliphatic carbocycles. The van der Waals surface area contributed by atoms with Gasteiger partial charge in [0.05, 0.1) is 5.52 Å². The summed E-state index contributed by atoms with van der Waals surface area (Å²) in [6, 6.07) is 9.12. The zero-order valence-electron chi connectivity index (χ0n) is 18.1. The fourth-order valence-electron chi connectivity index (χ4n) is 4.49. The van der Waals surface area contributed by atoms with Crippen molar-refractivity contribution >= 4 is 22.5 Å². The molecule has 3 heterocycles. The summed E-state index contributed by atoms with van der Waals surface area (Å²) in [5.41, 5.74) is 2.39. The van der Waals surface area contributed by atoms with Gasteiger partial charge in [0.2, 0.25) is 0 Å². The second kappa shape index (κ2) is 8.08. The summed E-state index contributed by atoms with van der Waals surface area (Å²) in [6.07, 6.45) is 4.27. The van der Waals surface area contributed by atoms with E-state index in [0.717, 1.165) is 16.7 Å². The summed E-state index contributed by atoms with van der Waals surface area (Å²) >= 11 is 6.63. The van der Waals surface area contributed by atoms with E-state index in [0.29, 0.717) is 35.2 Å². The number of fused-ring (bicyclic) bond motifs is 1. The molecule has 1 aromatic carbocycles. The van der Waals surface area contributed by atoms with Crippen LogP contribution in [0.4, 0.5) is 0 Å². The number of halogens is 1. The summed E-state index contributed by atoms with van der Waals surface area (Å²) in [7, 11) is 3.68. The first kappa shape index (κ1) is 20.9. The smallest absolute Gasteiger partial charge is 0.331 e. The van der Waals surface area contributed by atoms with Crippen LogP contribution >= 0.6 is 11.6 Å². The van der Waals surface area contributed by atoms with E-state index in [9.17, 15) is 9.59 Å². The molecule has 1 aliphatic rings. The number of benzene rings is 1. The van der Waals surface area contributed by atoms with Gasteiger partial charge in [-0.25, -0.2) is 4.79 Å². The standard InChI is InChI=1S/C23H29ClN4O2/c1-15(2)12-28-19-14-27(21(24)20(19)22(29)26(4)23(28)30)13-16-7-9-17(10-8-16)18-6-5-11-25(18)3/h7-10,14-15,18H,5-6,11-13H2,1-4H3. The normalized spacial score (nSPS) is 17.5. The molecule has 0 amide bonds. The lowest BCUT2D eigenvalue weighted by Gasteiger charge is -2.20. The van der Waals surface area contributed by atoms with Crippen molar-refractivity contribution in [2.75, 3.05) is 13.6 Å². The van der Waals surface area contributed by atoms with Crippen molar-refractivity contribution in [2.45, 2.75) is 45.8 Å². The zero-order valence-corrected chi connectivity index (χ0v) is 18.8. The van der Waals surface area contributed by atoms with Gasteiger partial charge in [0.1, 0.15) is 10.5 Å². The van der Waals surface area contributed by atoms with Gasteiger partial charge in [-0.05, 0) is 43.5 Å². The van der Waals surface area contributed by atoms with Gasteiger partial charge in [-0.3, -0.25) is 18.8 Å². The van der Waals surface area contributed by atoms with Crippen LogP contribution in [0.5, 0.6) is 0 Å². The topological polar surface area (TPSA) is 52.2 Å². The Kier molecular flexibility index (Phi) is 5.64. The van der Waals surface area contributed by atoms with Crippen LogP contribution in [0.15, 0.2) is 40.1 Å². The van der Waals surface area contributed by atoms with Crippen LogP contribution in [-0.2, 0) is 20.1 Å². The van der Waals surface area contributed by atoms with Crippen molar-refractivity contribution < 1.29 is 0 Å². The highest BCUT2D eigenvalue weighted by molar-refractivity contribution is 6.34. The van der Waals surface area contributed by atoms with Crippen molar-refractivity contribution in [3.63, 3.8) is 0 Å². The molecule has 4 rings (SSSR count). The van der Waals surface area contributed by atoms with Gasteiger partial charge in [0, 0.05) is 32.4 Å². The quantitative estimate of drug-likeness (QED) is 0.623. The zero-order chi connectivity index (χ0) is 21.6. The molecule has 7 heteroatoms. The Hall–Kier alpha value is -2.31. The number of rotatable bonds is 5. The average molecular weight is 429 g/mol. The molecule has 1 fully saturated rings. The highest BCUT2D eigenvalue weighted by Gasteiger charge is 2.22. The summed E-state index contributed by atoms with van der Waals surface area (Å²) in [4.78, 5) is 27.8. The Bertz CT molecular complexity index is 1190. The Labute approximate surface area is 181 Å². The van der Waals surface area contributed by atoms with E-state index in [-0.39, 0.29) is 17.2 Å². The maximum atomic E-state index is 12.7. The monoisotopic (exact) mass is 428 g/mol. The van der Waals surface area contributed by atoms with E-state index in [2.05, 4.69) is 36.2 Å². The number of nitrogens with zero attached hydrogens (tertiary/aromatic N) is 4. The van der Waals surface area contributed by atoms with Crippen LogP contribution in [0.25, 0.3) is 10.9 Å². The minimum Gasteiger partial charge on any atom is -0.332 e. The third kappa shape index (κ3) is 3.63. The Morgan fingerprint density at radius 3 is 2.43 bits per heavy atom. The minimum absolute atomic E-state index is 0.270. The Morgan fingerprint density at radius 1 is 1.13 bits per heavy atom. The van der Waals surface area contributed by atoms with Crippen molar-refractivity contribution in [1.82, 2.24) is 18.6 Å². The first-order valence-electron chi connectivity index (χ1n) is 10.5.